The zero-order valence-electron chi connectivity index (χ0n) is 10.6. The maximum Gasteiger partial charge on any atom is 0.171 e. The number of hydrogen-bond donors (Lipinski definition) is 0. The van der Waals surface area contributed by atoms with E-state index >= 15 is 0 Å². The number of benzene rings is 1. The molecule has 0 aliphatic heterocycles. The molecule has 18 heavy (non-hydrogen) atoms. The third kappa shape index (κ3) is 3.73. The lowest BCUT2D eigenvalue weighted by Gasteiger charge is -2.11. The molecule has 0 N–H and O–H groups in total. The highest BCUT2D eigenvalue weighted by Crippen LogP contribution is 2.31. The number of carbonyl (C=O) groups excluding carboxylic acids is 1. The summed E-state index contributed by atoms with van der Waals surface area (Å²) in [7, 11) is -0.245. The molecule has 0 unspecified atom stereocenters. The maximum atomic E-state index is 11.9. The molecular weight excluding hydrogens is 256 g/mol. The van der Waals surface area contributed by atoms with E-state index in [1.54, 1.807) is 18.2 Å². The van der Waals surface area contributed by atoms with Crippen molar-refractivity contribution in [1.29, 1.82) is 0 Å². The first-order valence-corrected chi connectivity index (χ1v) is 7.37. The number of hydrogen-bond acceptors (Lipinski definition) is 5. The van der Waals surface area contributed by atoms with Gasteiger partial charge < -0.3 is 9.47 Å². The molecule has 0 saturated heterocycles. The number of ketones is 1. The molecule has 0 aliphatic carbocycles. The molecule has 0 heterocycles. The van der Waals surface area contributed by atoms with Crippen molar-refractivity contribution >= 4 is 15.6 Å². The van der Waals surface area contributed by atoms with Crippen LogP contribution in [0.2, 0.25) is 0 Å². The standard InChI is InChI=1S/C12H16O5S/c1-16-11-6-4-5-9(12(11)17-2)10(13)7-8-18(3,14)15/h4-6H,7-8H2,1-3H3. The summed E-state index contributed by atoms with van der Waals surface area (Å²) in [6.45, 7) is 0. The number of para-hydroxylation sites is 1. The van der Waals surface area contributed by atoms with Crippen LogP contribution in [-0.2, 0) is 9.84 Å². The number of carbonyl (C=O) groups is 1. The quantitative estimate of drug-likeness (QED) is 0.730. The smallest absolute Gasteiger partial charge is 0.171 e. The van der Waals surface area contributed by atoms with Crippen LogP contribution >= 0.6 is 0 Å². The molecule has 0 radical (unpaired) electrons. The highest BCUT2D eigenvalue weighted by Gasteiger charge is 2.17. The molecule has 0 fully saturated rings. The minimum absolute atomic E-state index is 0.0671. The first kappa shape index (κ1) is 14.5. The van der Waals surface area contributed by atoms with Crippen LogP contribution in [0.15, 0.2) is 18.2 Å². The molecule has 0 spiro atoms. The molecule has 0 amide bonds. The van der Waals surface area contributed by atoms with Gasteiger partial charge in [-0.2, -0.15) is 0 Å². The van der Waals surface area contributed by atoms with Gasteiger partial charge in [-0.25, -0.2) is 8.42 Å². The summed E-state index contributed by atoms with van der Waals surface area (Å²) < 4.78 is 32.3. The maximum absolute atomic E-state index is 11.9. The van der Waals surface area contributed by atoms with Gasteiger partial charge in [0.05, 0.1) is 25.5 Å². The Labute approximate surface area is 107 Å². The van der Waals surface area contributed by atoms with Crippen molar-refractivity contribution in [2.75, 3.05) is 26.2 Å². The molecule has 6 heteroatoms. The number of rotatable bonds is 6. The number of methoxy groups -OCH3 is 2. The lowest BCUT2D eigenvalue weighted by molar-refractivity contribution is 0.0985. The van der Waals surface area contributed by atoms with E-state index in [1.165, 1.54) is 14.2 Å². The Hall–Kier alpha value is -1.56. The Morgan fingerprint density at radius 2 is 1.89 bits per heavy atom. The molecule has 0 bridgehead atoms. The molecule has 1 aromatic carbocycles. The van der Waals surface area contributed by atoms with Gasteiger partial charge >= 0.3 is 0 Å². The average Bonchev–Trinajstić information content (AvgIpc) is 2.33. The van der Waals surface area contributed by atoms with Gasteiger partial charge in [0.15, 0.2) is 17.3 Å². The summed E-state index contributed by atoms with van der Waals surface area (Å²) in [4.78, 5) is 11.9. The molecule has 1 aromatic rings. The van der Waals surface area contributed by atoms with Crippen LogP contribution in [0.1, 0.15) is 16.8 Å². The monoisotopic (exact) mass is 272 g/mol. The van der Waals surface area contributed by atoms with Gasteiger partial charge in [0.1, 0.15) is 9.84 Å². The first-order valence-electron chi connectivity index (χ1n) is 5.31. The van der Waals surface area contributed by atoms with Gasteiger partial charge in [-0.05, 0) is 12.1 Å². The zero-order chi connectivity index (χ0) is 13.8. The lowest BCUT2D eigenvalue weighted by Crippen LogP contribution is -2.10. The molecule has 100 valence electrons. The minimum Gasteiger partial charge on any atom is -0.493 e. The van der Waals surface area contributed by atoms with Crippen LogP contribution in [0.3, 0.4) is 0 Å². The largest absolute Gasteiger partial charge is 0.493 e. The zero-order valence-corrected chi connectivity index (χ0v) is 11.4. The van der Waals surface area contributed by atoms with E-state index in [0.29, 0.717) is 17.1 Å². The Bertz CT molecular complexity index is 533. The van der Waals surface area contributed by atoms with Crippen LogP contribution in [0.5, 0.6) is 11.5 Å². The van der Waals surface area contributed by atoms with E-state index in [4.69, 9.17) is 9.47 Å². The van der Waals surface area contributed by atoms with Crippen LogP contribution in [0.4, 0.5) is 0 Å². The van der Waals surface area contributed by atoms with E-state index in [-0.39, 0.29) is 18.0 Å². The average molecular weight is 272 g/mol. The third-order valence-electron chi connectivity index (χ3n) is 2.40. The second kappa shape index (κ2) is 5.86. The van der Waals surface area contributed by atoms with Crippen LogP contribution in [0, 0.1) is 0 Å². The molecule has 0 atom stereocenters. The first-order chi connectivity index (χ1) is 8.39. The fraction of sp³-hybridized carbons (Fsp3) is 0.417. The van der Waals surface area contributed by atoms with Gasteiger partial charge in [0.25, 0.3) is 0 Å². The Morgan fingerprint density at radius 1 is 1.22 bits per heavy atom. The molecule has 1 rings (SSSR count). The molecule has 0 saturated carbocycles. The van der Waals surface area contributed by atoms with Crippen LogP contribution in [-0.4, -0.2) is 40.4 Å². The van der Waals surface area contributed by atoms with E-state index in [9.17, 15) is 13.2 Å². The van der Waals surface area contributed by atoms with E-state index in [1.807, 2.05) is 0 Å². The predicted octanol–water partition coefficient (Wildman–Crippen LogP) is 1.32. The molecule has 0 aliphatic rings. The van der Waals surface area contributed by atoms with Crippen molar-refractivity contribution in [2.24, 2.45) is 0 Å². The summed E-state index contributed by atoms with van der Waals surface area (Å²) in [5.41, 5.74) is 0.334. The number of sulfone groups is 1. The molecule has 0 aromatic heterocycles. The van der Waals surface area contributed by atoms with Crippen molar-refractivity contribution in [2.45, 2.75) is 6.42 Å². The fourth-order valence-electron chi connectivity index (χ4n) is 1.52. The summed E-state index contributed by atoms with van der Waals surface area (Å²) in [5.74, 6) is 0.323. The predicted molar refractivity (Wildman–Crippen MR) is 68.2 cm³/mol. The van der Waals surface area contributed by atoms with E-state index in [2.05, 4.69) is 0 Å². The second-order valence-corrected chi connectivity index (χ2v) is 6.10. The minimum atomic E-state index is -3.16. The van der Waals surface area contributed by atoms with Gasteiger partial charge in [-0.15, -0.1) is 0 Å². The SMILES string of the molecule is COc1cccc(C(=O)CCS(C)(=O)=O)c1OC. The Morgan fingerprint density at radius 3 is 2.39 bits per heavy atom. The van der Waals surface area contributed by atoms with Crippen molar-refractivity contribution < 1.29 is 22.7 Å². The number of ether oxygens (including phenoxy) is 2. The Balaban J connectivity index is 2.99. The highest BCUT2D eigenvalue weighted by molar-refractivity contribution is 7.90. The van der Waals surface area contributed by atoms with E-state index < -0.39 is 9.84 Å². The van der Waals surface area contributed by atoms with E-state index in [0.717, 1.165) is 6.26 Å². The van der Waals surface area contributed by atoms with Crippen molar-refractivity contribution in [3.05, 3.63) is 23.8 Å². The summed E-state index contributed by atoms with van der Waals surface area (Å²) >= 11 is 0. The van der Waals surface area contributed by atoms with Gasteiger partial charge in [-0.1, -0.05) is 6.07 Å². The van der Waals surface area contributed by atoms with Gasteiger partial charge in [-0.3, -0.25) is 4.79 Å². The van der Waals surface area contributed by atoms with Crippen LogP contribution in [0.25, 0.3) is 0 Å². The third-order valence-corrected chi connectivity index (χ3v) is 3.35. The van der Waals surface area contributed by atoms with Gasteiger partial charge in [0, 0.05) is 12.7 Å². The Kier molecular flexibility index (Phi) is 4.72. The van der Waals surface area contributed by atoms with Crippen molar-refractivity contribution in [3.63, 3.8) is 0 Å². The summed E-state index contributed by atoms with van der Waals surface area (Å²) in [6.07, 6.45) is 1.03. The molecular formula is C12H16O5S. The van der Waals surface area contributed by atoms with Gasteiger partial charge in [0.2, 0.25) is 0 Å². The summed E-state index contributed by atoms with van der Waals surface area (Å²) in [6, 6.07) is 4.92. The fourth-order valence-corrected chi connectivity index (χ4v) is 2.08. The molecule has 5 nitrogen and oxygen atoms in total. The van der Waals surface area contributed by atoms with Crippen LogP contribution < -0.4 is 9.47 Å². The van der Waals surface area contributed by atoms with Crippen molar-refractivity contribution in [3.8, 4) is 11.5 Å². The lowest BCUT2D eigenvalue weighted by atomic mass is 10.1. The number of Topliss-reactive ketones (excluding diaryl/α,β-unsaturated/α-hetero) is 1. The highest BCUT2D eigenvalue weighted by atomic mass is 32.2. The normalized spacial score (nSPS) is 11.1. The second-order valence-electron chi connectivity index (χ2n) is 3.84. The van der Waals surface area contributed by atoms with Crippen molar-refractivity contribution in [1.82, 2.24) is 0 Å². The topological polar surface area (TPSA) is 69.7 Å². The summed E-state index contributed by atoms with van der Waals surface area (Å²) in [5, 5.41) is 0.